The highest BCUT2D eigenvalue weighted by atomic mass is 32.1. The molecule has 0 radical (unpaired) electrons. The van der Waals surface area contributed by atoms with Gasteiger partial charge in [0.25, 0.3) is 5.91 Å². The van der Waals surface area contributed by atoms with Crippen LogP contribution in [0.4, 0.5) is 0 Å². The molecule has 1 saturated heterocycles. The fourth-order valence-electron chi connectivity index (χ4n) is 2.20. The van der Waals surface area contributed by atoms with Gasteiger partial charge in [-0.1, -0.05) is 0 Å². The molecule has 2 rings (SSSR count). The maximum absolute atomic E-state index is 12.0. The zero-order valence-corrected chi connectivity index (χ0v) is 10.4. The number of hydrogen-bond acceptors (Lipinski definition) is 3. The van der Waals surface area contributed by atoms with E-state index in [4.69, 9.17) is 0 Å². The van der Waals surface area contributed by atoms with E-state index in [0.717, 1.165) is 44.0 Å². The summed E-state index contributed by atoms with van der Waals surface area (Å²) in [6, 6.07) is 1.91. The van der Waals surface area contributed by atoms with Gasteiger partial charge in [0, 0.05) is 18.5 Å². The molecule has 1 aliphatic rings. The zero-order valence-electron chi connectivity index (χ0n) is 9.61. The Hall–Kier alpha value is -0.870. The number of amides is 1. The minimum atomic E-state index is 0.198. The summed E-state index contributed by atoms with van der Waals surface area (Å²) in [6.07, 6.45) is 2.24. The quantitative estimate of drug-likeness (QED) is 0.871. The van der Waals surface area contributed by atoms with Crippen molar-refractivity contribution in [2.75, 3.05) is 26.7 Å². The number of nitrogens with zero attached hydrogens (tertiary/aromatic N) is 1. The summed E-state index contributed by atoms with van der Waals surface area (Å²) < 4.78 is 0. The van der Waals surface area contributed by atoms with Gasteiger partial charge in [0.05, 0.1) is 5.56 Å². The molecule has 1 N–H and O–H groups in total. The lowest BCUT2D eigenvalue weighted by Gasteiger charge is -2.31. The number of rotatable bonds is 3. The molecule has 1 aromatic heterocycles. The van der Waals surface area contributed by atoms with Crippen LogP contribution in [0, 0.1) is 5.92 Å². The van der Waals surface area contributed by atoms with Crippen molar-refractivity contribution in [3.8, 4) is 0 Å². The molecule has 0 atom stereocenters. The van der Waals surface area contributed by atoms with Gasteiger partial charge in [0.2, 0.25) is 0 Å². The monoisotopic (exact) mass is 238 g/mol. The second-order valence-electron chi connectivity index (χ2n) is 4.31. The first kappa shape index (κ1) is 11.6. The van der Waals surface area contributed by atoms with Crippen molar-refractivity contribution in [1.82, 2.24) is 10.2 Å². The number of likely N-dealkylation sites (tertiary alicyclic amines) is 1. The molecule has 2 heterocycles. The largest absolute Gasteiger partial charge is 0.339 e. The zero-order chi connectivity index (χ0) is 11.4. The molecule has 88 valence electrons. The summed E-state index contributed by atoms with van der Waals surface area (Å²) in [5, 5.41) is 7.10. The Morgan fingerprint density at radius 2 is 2.31 bits per heavy atom. The van der Waals surface area contributed by atoms with Crippen LogP contribution in [0.5, 0.6) is 0 Å². The molecule has 0 spiro atoms. The van der Waals surface area contributed by atoms with E-state index in [-0.39, 0.29) is 5.91 Å². The van der Waals surface area contributed by atoms with Crippen molar-refractivity contribution in [2.45, 2.75) is 12.8 Å². The van der Waals surface area contributed by atoms with Crippen LogP contribution in [0.25, 0.3) is 0 Å². The highest BCUT2D eigenvalue weighted by Crippen LogP contribution is 2.19. The summed E-state index contributed by atoms with van der Waals surface area (Å²) in [5.41, 5.74) is 0.845. The molecular weight excluding hydrogens is 220 g/mol. The molecule has 0 aromatic carbocycles. The third-order valence-corrected chi connectivity index (χ3v) is 3.85. The van der Waals surface area contributed by atoms with Gasteiger partial charge in [0.1, 0.15) is 0 Å². The summed E-state index contributed by atoms with van der Waals surface area (Å²) >= 11 is 1.58. The molecule has 1 aromatic rings. The summed E-state index contributed by atoms with van der Waals surface area (Å²) in [5.74, 6) is 0.931. The van der Waals surface area contributed by atoms with Gasteiger partial charge in [-0.05, 0) is 43.8 Å². The predicted molar refractivity (Wildman–Crippen MR) is 66.9 cm³/mol. The molecule has 3 nitrogen and oxygen atoms in total. The van der Waals surface area contributed by atoms with Gasteiger partial charge in [-0.15, -0.1) is 0 Å². The van der Waals surface area contributed by atoms with Crippen LogP contribution >= 0.6 is 11.3 Å². The van der Waals surface area contributed by atoms with Crippen molar-refractivity contribution < 1.29 is 4.79 Å². The maximum Gasteiger partial charge on any atom is 0.254 e. The fourth-order valence-corrected chi connectivity index (χ4v) is 2.83. The number of thiophene rings is 1. The third-order valence-electron chi connectivity index (χ3n) is 3.16. The second kappa shape index (κ2) is 5.46. The van der Waals surface area contributed by atoms with E-state index in [1.54, 1.807) is 11.3 Å². The van der Waals surface area contributed by atoms with Gasteiger partial charge in [0.15, 0.2) is 0 Å². The van der Waals surface area contributed by atoms with Crippen LogP contribution in [0.1, 0.15) is 23.2 Å². The highest BCUT2D eigenvalue weighted by Gasteiger charge is 2.23. The molecule has 0 bridgehead atoms. The molecular formula is C12H18N2OS. The second-order valence-corrected chi connectivity index (χ2v) is 5.09. The van der Waals surface area contributed by atoms with Crippen LogP contribution in [-0.2, 0) is 0 Å². The number of carbonyl (C=O) groups is 1. The Bertz CT molecular complexity index is 329. The first-order chi connectivity index (χ1) is 7.81. The third kappa shape index (κ3) is 2.62. The van der Waals surface area contributed by atoms with E-state index in [1.807, 2.05) is 28.8 Å². The Morgan fingerprint density at radius 3 is 2.88 bits per heavy atom. The number of hydrogen-bond donors (Lipinski definition) is 1. The Labute approximate surface area is 100 Å². The fraction of sp³-hybridized carbons (Fsp3) is 0.583. The minimum Gasteiger partial charge on any atom is -0.339 e. The standard InChI is InChI=1S/C12H18N2OS/c1-13-8-10-2-5-14(6-3-10)12(15)11-4-7-16-9-11/h4,7,9-10,13H,2-3,5-6,8H2,1H3. The molecule has 1 fully saturated rings. The summed E-state index contributed by atoms with van der Waals surface area (Å²) in [6.45, 7) is 2.88. The van der Waals surface area contributed by atoms with Gasteiger partial charge in [-0.3, -0.25) is 4.79 Å². The molecule has 0 unspecified atom stereocenters. The van der Waals surface area contributed by atoms with Crippen molar-refractivity contribution in [3.05, 3.63) is 22.4 Å². The highest BCUT2D eigenvalue weighted by molar-refractivity contribution is 7.08. The van der Waals surface area contributed by atoms with E-state index in [1.165, 1.54) is 0 Å². The summed E-state index contributed by atoms with van der Waals surface area (Å²) in [7, 11) is 1.99. The average Bonchev–Trinajstić information content (AvgIpc) is 2.83. The van der Waals surface area contributed by atoms with Gasteiger partial charge in [-0.2, -0.15) is 11.3 Å². The van der Waals surface area contributed by atoms with E-state index >= 15 is 0 Å². The van der Waals surface area contributed by atoms with Crippen molar-refractivity contribution in [1.29, 1.82) is 0 Å². The first-order valence-electron chi connectivity index (χ1n) is 5.77. The van der Waals surface area contributed by atoms with E-state index in [2.05, 4.69) is 5.32 Å². The summed E-state index contributed by atoms with van der Waals surface area (Å²) in [4.78, 5) is 14.0. The van der Waals surface area contributed by atoms with E-state index in [0.29, 0.717) is 0 Å². The predicted octanol–water partition coefficient (Wildman–Crippen LogP) is 1.82. The van der Waals surface area contributed by atoms with Gasteiger partial charge < -0.3 is 10.2 Å². The van der Waals surface area contributed by atoms with Crippen LogP contribution in [-0.4, -0.2) is 37.5 Å². The van der Waals surface area contributed by atoms with E-state index < -0.39 is 0 Å². The molecule has 16 heavy (non-hydrogen) atoms. The number of piperidine rings is 1. The molecule has 0 saturated carbocycles. The molecule has 4 heteroatoms. The van der Waals surface area contributed by atoms with Crippen LogP contribution < -0.4 is 5.32 Å². The maximum atomic E-state index is 12.0. The van der Waals surface area contributed by atoms with Gasteiger partial charge in [-0.25, -0.2) is 0 Å². The van der Waals surface area contributed by atoms with Crippen molar-refractivity contribution in [2.24, 2.45) is 5.92 Å². The molecule has 1 amide bonds. The van der Waals surface area contributed by atoms with E-state index in [9.17, 15) is 4.79 Å². The SMILES string of the molecule is CNCC1CCN(C(=O)c2ccsc2)CC1. The number of nitrogens with one attached hydrogen (secondary N) is 1. The minimum absolute atomic E-state index is 0.198. The number of carbonyl (C=O) groups excluding carboxylic acids is 1. The van der Waals surface area contributed by atoms with Crippen LogP contribution in [0.2, 0.25) is 0 Å². The first-order valence-corrected chi connectivity index (χ1v) is 6.71. The smallest absolute Gasteiger partial charge is 0.254 e. The Morgan fingerprint density at radius 1 is 1.56 bits per heavy atom. The lowest BCUT2D eigenvalue weighted by atomic mass is 9.96. The van der Waals surface area contributed by atoms with Gasteiger partial charge >= 0.3 is 0 Å². The normalized spacial score (nSPS) is 17.7. The van der Waals surface area contributed by atoms with Crippen molar-refractivity contribution in [3.63, 3.8) is 0 Å². The molecule has 0 aliphatic carbocycles. The Balaban J connectivity index is 1.87. The van der Waals surface area contributed by atoms with Crippen molar-refractivity contribution >= 4 is 17.2 Å². The lowest BCUT2D eigenvalue weighted by Crippen LogP contribution is -2.40. The average molecular weight is 238 g/mol. The van der Waals surface area contributed by atoms with Crippen LogP contribution in [0.3, 0.4) is 0 Å². The van der Waals surface area contributed by atoms with Crippen LogP contribution in [0.15, 0.2) is 16.8 Å². The topological polar surface area (TPSA) is 32.3 Å². The molecule has 1 aliphatic heterocycles. The lowest BCUT2D eigenvalue weighted by molar-refractivity contribution is 0.0691. The Kier molecular flexibility index (Phi) is 3.96.